The van der Waals surface area contributed by atoms with Crippen molar-refractivity contribution in [3.05, 3.63) is 24.8 Å². The first-order valence-electron chi connectivity index (χ1n) is 2.71. The standard InChI is InChI=1S/C7H10O2/c1-3-5-7(8)9-6-4-2/h3-5H,2,6H2,1H3. The van der Waals surface area contributed by atoms with E-state index in [2.05, 4.69) is 11.3 Å². The Balaban J connectivity index is 3.38. The molecule has 0 rings (SSSR count). The van der Waals surface area contributed by atoms with Crippen molar-refractivity contribution >= 4 is 5.97 Å². The van der Waals surface area contributed by atoms with Crippen LogP contribution in [0.15, 0.2) is 24.8 Å². The number of rotatable bonds is 3. The summed E-state index contributed by atoms with van der Waals surface area (Å²) in [5.74, 6) is -0.322. The van der Waals surface area contributed by atoms with Gasteiger partial charge < -0.3 is 4.74 Å². The molecule has 2 nitrogen and oxygen atoms in total. The molecule has 0 aromatic carbocycles. The maximum Gasteiger partial charge on any atom is 0.330 e. The first kappa shape index (κ1) is 7.95. The fourth-order valence-corrected chi connectivity index (χ4v) is 0.325. The van der Waals surface area contributed by atoms with E-state index in [9.17, 15) is 4.79 Å². The number of hydrogen-bond donors (Lipinski definition) is 0. The minimum Gasteiger partial charge on any atom is -0.458 e. The van der Waals surface area contributed by atoms with E-state index in [1.807, 2.05) is 0 Å². The van der Waals surface area contributed by atoms with Gasteiger partial charge in [0.05, 0.1) is 0 Å². The van der Waals surface area contributed by atoms with Crippen molar-refractivity contribution in [2.45, 2.75) is 6.92 Å². The highest BCUT2D eigenvalue weighted by Gasteiger charge is 1.89. The second-order valence-corrected chi connectivity index (χ2v) is 1.42. The molecule has 0 bridgehead atoms. The monoisotopic (exact) mass is 126 g/mol. The molecule has 0 radical (unpaired) electrons. The second kappa shape index (κ2) is 5.09. The van der Waals surface area contributed by atoms with Crippen LogP contribution in [0.3, 0.4) is 0 Å². The second-order valence-electron chi connectivity index (χ2n) is 1.42. The van der Waals surface area contributed by atoms with E-state index in [0.717, 1.165) is 0 Å². The summed E-state index contributed by atoms with van der Waals surface area (Å²) in [7, 11) is 0. The number of carbonyl (C=O) groups excluding carboxylic acids is 1. The normalized spacial score (nSPS) is 9.44. The van der Waals surface area contributed by atoms with Crippen LogP contribution in [0.2, 0.25) is 0 Å². The van der Waals surface area contributed by atoms with E-state index in [-0.39, 0.29) is 12.6 Å². The lowest BCUT2D eigenvalue weighted by molar-refractivity contribution is -0.136. The zero-order valence-corrected chi connectivity index (χ0v) is 5.46. The summed E-state index contributed by atoms with van der Waals surface area (Å²) in [5.41, 5.74) is 0. The van der Waals surface area contributed by atoms with Crippen LogP contribution in [0.1, 0.15) is 6.92 Å². The highest BCUT2D eigenvalue weighted by Crippen LogP contribution is 1.80. The van der Waals surface area contributed by atoms with Gasteiger partial charge in [-0.1, -0.05) is 18.7 Å². The SMILES string of the molecule is C=CCOC(=O)C=CC. The van der Waals surface area contributed by atoms with E-state index < -0.39 is 0 Å². The van der Waals surface area contributed by atoms with Gasteiger partial charge in [-0.05, 0) is 6.92 Å². The van der Waals surface area contributed by atoms with Crippen molar-refractivity contribution in [2.24, 2.45) is 0 Å². The lowest BCUT2D eigenvalue weighted by atomic mass is 10.5. The van der Waals surface area contributed by atoms with Gasteiger partial charge in [0.2, 0.25) is 0 Å². The third-order valence-corrected chi connectivity index (χ3v) is 0.646. The number of ether oxygens (including phenoxy) is 1. The molecular formula is C7H10O2. The van der Waals surface area contributed by atoms with Crippen molar-refractivity contribution in [1.29, 1.82) is 0 Å². The Bertz CT molecular complexity index is 125. The van der Waals surface area contributed by atoms with Crippen molar-refractivity contribution in [3.63, 3.8) is 0 Å². The molecule has 0 atom stereocenters. The van der Waals surface area contributed by atoms with Crippen LogP contribution in [-0.4, -0.2) is 12.6 Å². The Morgan fingerprint density at radius 1 is 1.78 bits per heavy atom. The van der Waals surface area contributed by atoms with Gasteiger partial charge >= 0.3 is 5.97 Å². The zero-order chi connectivity index (χ0) is 7.11. The minimum atomic E-state index is -0.322. The topological polar surface area (TPSA) is 26.3 Å². The zero-order valence-electron chi connectivity index (χ0n) is 5.46. The molecule has 0 aromatic heterocycles. The first-order chi connectivity index (χ1) is 4.31. The summed E-state index contributed by atoms with van der Waals surface area (Å²) in [6.07, 6.45) is 4.52. The van der Waals surface area contributed by atoms with Gasteiger partial charge in [-0.15, -0.1) is 0 Å². The van der Waals surface area contributed by atoms with Crippen LogP contribution >= 0.6 is 0 Å². The summed E-state index contributed by atoms with van der Waals surface area (Å²) < 4.78 is 4.59. The summed E-state index contributed by atoms with van der Waals surface area (Å²) in [6.45, 7) is 5.43. The molecule has 0 fully saturated rings. The molecule has 0 aliphatic carbocycles. The van der Waals surface area contributed by atoms with E-state index in [1.165, 1.54) is 12.2 Å². The maximum atomic E-state index is 10.4. The average Bonchev–Trinajstić information content (AvgIpc) is 1.85. The van der Waals surface area contributed by atoms with Gasteiger partial charge in [0.1, 0.15) is 6.61 Å². The van der Waals surface area contributed by atoms with Crippen LogP contribution in [0.4, 0.5) is 0 Å². The fourth-order valence-electron chi connectivity index (χ4n) is 0.325. The van der Waals surface area contributed by atoms with Crippen LogP contribution < -0.4 is 0 Å². The molecule has 0 aromatic rings. The molecule has 0 unspecified atom stereocenters. The minimum absolute atomic E-state index is 0.281. The molecule has 0 aliphatic heterocycles. The largest absolute Gasteiger partial charge is 0.458 e. The summed E-state index contributed by atoms with van der Waals surface area (Å²) in [4.78, 5) is 10.4. The average molecular weight is 126 g/mol. The van der Waals surface area contributed by atoms with Crippen molar-refractivity contribution in [1.82, 2.24) is 0 Å². The number of hydrogen-bond acceptors (Lipinski definition) is 2. The van der Waals surface area contributed by atoms with Crippen molar-refractivity contribution in [2.75, 3.05) is 6.61 Å². The predicted octanol–water partition coefficient (Wildman–Crippen LogP) is 1.29. The summed E-state index contributed by atoms with van der Waals surface area (Å²) in [6, 6.07) is 0. The number of allylic oxidation sites excluding steroid dienone is 1. The van der Waals surface area contributed by atoms with Crippen LogP contribution in [-0.2, 0) is 9.53 Å². The maximum absolute atomic E-state index is 10.4. The van der Waals surface area contributed by atoms with Gasteiger partial charge in [-0.25, -0.2) is 4.79 Å². The molecule has 0 heterocycles. The van der Waals surface area contributed by atoms with Gasteiger partial charge in [0.25, 0.3) is 0 Å². The predicted molar refractivity (Wildman–Crippen MR) is 36.0 cm³/mol. The van der Waals surface area contributed by atoms with E-state index in [4.69, 9.17) is 0 Å². The smallest absolute Gasteiger partial charge is 0.330 e. The molecular weight excluding hydrogens is 116 g/mol. The van der Waals surface area contributed by atoms with Crippen LogP contribution in [0, 0.1) is 0 Å². The molecule has 9 heavy (non-hydrogen) atoms. The van der Waals surface area contributed by atoms with Crippen LogP contribution in [0.5, 0.6) is 0 Å². The molecule has 2 heteroatoms. The quantitative estimate of drug-likeness (QED) is 0.323. The highest BCUT2D eigenvalue weighted by molar-refractivity contribution is 5.81. The van der Waals surface area contributed by atoms with Crippen molar-refractivity contribution in [3.8, 4) is 0 Å². The van der Waals surface area contributed by atoms with E-state index in [1.54, 1.807) is 13.0 Å². The molecule has 0 N–H and O–H groups in total. The lowest BCUT2D eigenvalue weighted by Crippen LogP contribution is -1.98. The summed E-state index contributed by atoms with van der Waals surface area (Å²) in [5, 5.41) is 0. The molecule has 0 saturated heterocycles. The summed E-state index contributed by atoms with van der Waals surface area (Å²) >= 11 is 0. The Hall–Kier alpha value is -1.05. The number of carbonyl (C=O) groups is 1. The van der Waals surface area contributed by atoms with E-state index >= 15 is 0 Å². The van der Waals surface area contributed by atoms with Gasteiger partial charge in [0.15, 0.2) is 0 Å². The Labute approximate surface area is 54.8 Å². The third-order valence-electron chi connectivity index (χ3n) is 0.646. The molecule has 0 spiro atoms. The molecule has 0 saturated carbocycles. The number of esters is 1. The van der Waals surface area contributed by atoms with Crippen LogP contribution in [0.25, 0.3) is 0 Å². The third kappa shape index (κ3) is 4.81. The van der Waals surface area contributed by atoms with Crippen molar-refractivity contribution < 1.29 is 9.53 Å². The fraction of sp³-hybridized carbons (Fsp3) is 0.286. The molecule has 0 amide bonds. The Morgan fingerprint density at radius 2 is 2.44 bits per heavy atom. The van der Waals surface area contributed by atoms with Gasteiger partial charge in [-0.2, -0.15) is 0 Å². The van der Waals surface area contributed by atoms with E-state index in [0.29, 0.717) is 0 Å². The van der Waals surface area contributed by atoms with Gasteiger partial charge in [0, 0.05) is 6.08 Å². The molecule has 50 valence electrons. The Kier molecular flexibility index (Phi) is 4.50. The lowest BCUT2D eigenvalue weighted by Gasteiger charge is -1.92. The van der Waals surface area contributed by atoms with Gasteiger partial charge in [-0.3, -0.25) is 0 Å². The highest BCUT2D eigenvalue weighted by atomic mass is 16.5. The Morgan fingerprint density at radius 3 is 2.89 bits per heavy atom. The molecule has 0 aliphatic rings. The first-order valence-corrected chi connectivity index (χ1v) is 2.71.